The first kappa shape index (κ1) is 9.63. The summed E-state index contributed by atoms with van der Waals surface area (Å²) in [5.74, 6) is -0.0608. The lowest BCUT2D eigenvalue weighted by atomic mass is 9.99. The molecule has 0 amide bonds. The molecule has 0 saturated carbocycles. The van der Waals surface area contributed by atoms with E-state index in [9.17, 15) is 4.79 Å². The zero-order valence-corrected chi connectivity index (χ0v) is 6.98. The molecule has 0 aliphatic heterocycles. The first-order valence-electron chi connectivity index (χ1n) is 3.74. The van der Waals surface area contributed by atoms with Crippen LogP contribution in [0.2, 0.25) is 0 Å². The van der Waals surface area contributed by atoms with Gasteiger partial charge < -0.3 is 5.11 Å². The minimum Gasteiger partial charge on any atom is -0.383 e. The lowest BCUT2D eigenvalue weighted by Crippen LogP contribution is -2.30. The molecule has 60 valence electrons. The molecule has 0 rings (SSSR count). The van der Waals surface area contributed by atoms with Crippen LogP contribution in [0.1, 0.15) is 40.0 Å². The van der Waals surface area contributed by atoms with Gasteiger partial charge in [0.1, 0.15) is 5.60 Å². The maximum absolute atomic E-state index is 11.0. The van der Waals surface area contributed by atoms with Gasteiger partial charge in [0.2, 0.25) is 0 Å². The molecule has 0 aliphatic carbocycles. The van der Waals surface area contributed by atoms with Gasteiger partial charge in [0, 0.05) is 6.42 Å². The molecule has 10 heavy (non-hydrogen) atoms. The Kier molecular flexibility index (Phi) is 3.58. The molecule has 2 nitrogen and oxygen atoms in total. The van der Waals surface area contributed by atoms with Crippen LogP contribution >= 0.6 is 0 Å². The molecule has 0 spiro atoms. The largest absolute Gasteiger partial charge is 0.383 e. The number of aliphatic hydroxyl groups is 1. The maximum Gasteiger partial charge on any atom is 0.163 e. The fourth-order valence-electron chi connectivity index (χ4n) is 0.643. The predicted molar refractivity (Wildman–Crippen MR) is 40.8 cm³/mol. The zero-order chi connectivity index (χ0) is 8.20. The van der Waals surface area contributed by atoms with Crippen molar-refractivity contribution in [2.45, 2.75) is 45.6 Å². The number of hydrogen-bond acceptors (Lipinski definition) is 2. The topological polar surface area (TPSA) is 37.3 Å². The summed E-state index contributed by atoms with van der Waals surface area (Å²) in [4.78, 5) is 11.0. The summed E-state index contributed by atoms with van der Waals surface area (Å²) in [6.45, 7) is 5.09. The molecule has 0 aromatic rings. The number of unbranched alkanes of at least 4 members (excludes halogenated alkanes) is 1. The highest BCUT2D eigenvalue weighted by Crippen LogP contribution is 2.08. The van der Waals surface area contributed by atoms with Gasteiger partial charge in [-0.1, -0.05) is 13.3 Å². The van der Waals surface area contributed by atoms with Gasteiger partial charge in [0.25, 0.3) is 0 Å². The molecule has 0 aromatic carbocycles. The minimum absolute atomic E-state index is 0.0608. The Labute approximate surface area is 62.2 Å². The van der Waals surface area contributed by atoms with Crippen LogP contribution in [0.5, 0.6) is 0 Å². The van der Waals surface area contributed by atoms with E-state index in [1.165, 1.54) is 13.8 Å². The third-order valence-electron chi connectivity index (χ3n) is 1.44. The average molecular weight is 144 g/mol. The Morgan fingerprint density at radius 1 is 1.50 bits per heavy atom. The van der Waals surface area contributed by atoms with Crippen molar-refractivity contribution in [3.8, 4) is 0 Å². The van der Waals surface area contributed by atoms with E-state index < -0.39 is 5.60 Å². The molecule has 0 fully saturated rings. The van der Waals surface area contributed by atoms with Crippen molar-refractivity contribution in [3.63, 3.8) is 0 Å². The van der Waals surface area contributed by atoms with Crippen LogP contribution in [-0.2, 0) is 4.79 Å². The van der Waals surface area contributed by atoms with E-state index in [-0.39, 0.29) is 5.78 Å². The van der Waals surface area contributed by atoms with Gasteiger partial charge in [-0.25, -0.2) is 0 Å². The van der Waals surface area contributed by atoms with E-state index in [2.05, 4.69) is 0 Å². The van der Waals surface area contributed by atoms with Crippen molar-refractivity contribution in [2.75, 3.05) is 0 Å². The molecule has 0 radical (unpaired) electrons. The second-order valence-electron chi connectivity index (χ2n) is 3.09. The summed E-state index contributed by atoms with van der Waals surface area (Å²) >= 11 is 0. The third kappa shape index (κ3) is 3.62. The molecule has 0 aromatic heterocycles. The van der Waals surface area contributed by atoms with Crippen LogP contribution in [0.3, 0.4) is 0 Å². The zero-order valence-electron chi connectivity index (χ0n) is 6.98. The van der Waals surface area contributed by atoms with Crippen LogP contribution in [0.25, 0.3) is 0 Å². The van der Waals surface area contributed by atoms with Crippen molar-refractivity contribution in [2.24, 2.45) is 0 Å². The molecular formula is C8H16O2. The molecular weight excluding hydrogens is 128 g/mol. The van der Waals surface area contributed by atoms with E-state index in [4.69, 9.17) is 5.11 Å². The Hall–Kier alpha value is -0.370. The molecule has 0 heterocycles. The number of carbonyl (C=O) groups is 1. The standard InChI is InChI=1S/C8H16O2/c1-4-5-6-7(9)8(2,3)10/h10H,4-6H2,1-3H3. The van der Waals surface area contributed by atoms with E-state index in [1.807, 2.05) is 6.92 Å². The maximum atomic E-state index is 11.0. The third-order valence-corrected chi connectivity index (χ3v) is 1.44. The molecule has 0 aliphatic rings. The van der Waals surface area contributed by atoms with Gasteiger partial charge in [-0.3, -0.25) is 4.79 Å². The monoisotopic (exact) mass is 144 g/mol. The fourth-order valence-corrected chi connectivity index (χ4v) is 0.643. The second kappa shape index (κ2) is 3.71. The second-order valence-corrected chi connectivity index (χ2v) is 3.09. The number of hydrogen-bond donors (Lipinski definition) is 1. The van der Waals surface area contributed by atoms with Crippen molar-refractivity contribution in [1.29, 1.82) is 0 Å². The van der Waals surface area contributed by atoms with E-state index in [1.54, 1.807) is 0 Å². The Morgan fingerprint density at radius 2 is 2.00 bits per heavy atom. The fraction of sp³-hybridized carbons (Fsp3) is 0.875. The molecule has 0 bridgehead atoms. The quantitative estimate of drug-likeness (QED) is 0.649. The Balaban J connectivity index is 3.64. The van der Waals surface area contributed by atoms with Gasteiger partial charge >= 0.3 is 0 Å². The van der Waals surface area contributed by atoms with Crippen molar-refractivity contribution in [1.82, 2.24) is 0 Å². The summed E-state index contributed by atoms with van der Waals surface area (Å²) in [7, 11) is 0. The number of Topliss-reactive ketones (excluding diaryl/α,β-unsaturated/α-hetero) is 1. The van der Waals surface area contributed by atoms with Crippen LogP contribution in [-0.4, -0.2) is 16.5 Å². The van der Waals surface area contributed by atoms with E-state index >= 15 is 0 Å². The number of ketones is 1. The first-order valence-corrected chi connectivity index (χ1v) is 3.74. The van der Waals surface area contributed by atoms with Crippen molar-refractivity contribution >= 4 is 5.78 Å². The van der Waals surface area contributed by atoms with Crippen molar-refractivity contribution in [3.05, 3.63) is 0 Å². The lowest BCUT2D eigenvalue weighted by Gasteiger charge is -2.14. The highest BCUT2D eigenvalue weighted by atomic mass is 16.3. The van der Waals surface area contributed by atoms with Crippen LogP contribution < -0.4 is 0 Å². The van der Waals surface area contributed by atoms with Gasteiger partial charge in [-0.15, -0.1) is 0 Å². The molecule has 0 atom stereocenters. The lowest BCUT2D eigenvalue weighted by molar-refractivity contribution is -0.134. The Morgan fingerprint density at radius 3 is 2.30 bits per heavy atom. The molecule has 0 saturated heterocycles. The summed E-state index contributed by atoms with van der Waals surface area (Å²) in [6, 6.07) is 0. The minimum atomic E-state index is -1.13. The van der Waals surface area contributed by atoms with Crippen molar-refractivity contribution < 1.29 is 9.90 Å². The van der Waals surface area contributed by atoms with Gasteiger partial charge in [0.15, 0.2) is 5.78 Å². The summed E-state index contributed by atoms with van der Waals surface area (Å²) in [6.07, 6.45) is 2.38. The van der Waals surface area contributed by atoms with Crippen LogP contribution in [0, 0.1) is 0 Å². The normalized spacial score (nSPS) is 11.6. The average Bonchev–Trinajstić information content (AvgIpc) is 1.80. The SMILES string of the molecule is CCCCC(=O)C(C)(C)O. The smallest absolute Gasteiger partial charge is 0.163 e. The van der Waals surface area contributed by atoms with E-state index in [0.29, 0.717) is 6.42 Å². The molecule has 1 N–H and O–H groups in total. The summed E-state index contributed by atoms with van der Waals surface area (Å²) in [5, 5.41) is 9.16. The summed E-state index contributed by atoms with van der Waals surface area (Å²) in [5.41, 5.74) is -1.13. The number of rotatable bonds is 4. The predicted octanol–water partition coefficient (Wildman–Crippen LogP) is 1.52. The first-order chi connectivity index (χ1) is 4.48. The molecule has 2 heteroatoms. The Bertz CT molecular complexity index is 111. The van der Waals surface area contributed by atoms with Gasteiger partial charge in [0.05, 0.1) is 0 Å². The van der Waals surface area contributed by atoms with Gasteiger partial charge in [-0.2, -0.15) is 0 Å². The van der Waals surface area contributed by atoms with Gasteiger partial charge in [-0.05, 0) is 20.3 Å². The molecule has 0 unspecified atom stereocenters. The summed E-state index contributed by atoms with van der Waals surface area (Å²) < 4.78 is 0. The van der Waals surface area contributed by atoms with Crippen LogP contribution in [0.15, 0.2) is 0 Å². The number of carbonyl (C=O) groups excluding carboxylic acids is 1. The van der Waals surface area contributed by atoms with E-state index in [0.717, 1.165) is 12.8 Å². The van der Waals surface area contributed by atoms with Crippen LogP contribution in [0.4, 0.5) is 0 Å². The highest BCUT2D eigenvalue weighted by Gasteiger charge is 2.21. The highest BCUT2D eigenvalue weighted by molar-refractivity contribution is 5.85.